The highest BCUT2D eigenvalue weighted by molar-refractivity contribution is 4.88. The summed E-state index contributed by atoms with van der Waals surface area (Å²) in [4.78, 5) is 8.20. The molecule has 0 fully saturated rings. The van der Waals surface area contributed by atoms with Gasteiger partial charge in [0.25, 0.3) is 0 Å². The van der Waals surface area contributed by atoms with E-state index in [-0.39, 0.29) is 0 Å². The molecule has 1 heterocycles. The molecule has 0 bridgehead atoms. The second-order valence-electron chi connectivity index (χ2n) is 2.97. The molecule has 7 heteroatoms. The van der Waals surface area contributed by atoms with Gasteiger partial charge in [-0.2, -0.15) is 13.2 Å². The number of halogens is 3. The summed E-state index contributed by atoms with van der Waals surface area (Å²) in [7, 11) is 0. The van der Waals surface area contributed by atoms with E-state index < -0.39 is 12.8 Å². The molecular formula is C8H12F3N3O. The van der Waals surface area contributed by atoms with E-state index in [0.717, 1.165) is 5.82 Å². The molecule has 0 aliphatic rings. The van der Waals surface area contributed by atoms with E-state index in [1.54, 1.807) is 12.4 Å². The van der Waals surface area contributed by atoms with E-state index in [4.69, 9.17) is 0 Å². The number of hydrogen-bond acceptors (Lipinski definition) is 3. The van der Waals surface area contributed by atoms with Gasteiger partial charge < -0.3 is 4.57 Å². The van der Waals surface area contributed by atoms with Gasteiger partial charge in [0.2, 0.25) is 0 Å². The SMILES string of the molecule is Cc1nccn1CCNOCC(F)(F)F. The van der Waals surface area contributed by atoms with Crippen LogP contribution in [0.1, 0.15) is 5.82 Å². The number of hydrogen-bond donors (Lipinski definition) is 1. The van der Waals surface area contributed by atoms with Gasteiger partial charge in [-0.1, -0.05) is 0 Å². The molecule has 4 nitrogen and oxygen atoms in total. The molecule has 0 amide bonds. The molecule has 0 atom stereocenters. The molecule has 0 radical (unpaired) electrons. The van der Waals surface area contributed by atoms with Crippen molar-refractivity contribution < 1.29 is 18.0 Å². The predicted molar refractivity (Wildman–Crippen MR) is 47.0 cm³/mol. The Kier molecular flexibility index (Phi) is 4.10. The predicted octanol–water partition coefficient (Wildman–Crippen LogP) is 1.28. The highest BCUT2D eigenvalue weighted by Gasteiger charge is 2.27. The molecule has 1 aromatic heterocycles. The molecule has 0 saturated heterocycles. The first kappa shape index (κ1) is 12.0. The van der Waals surface area contributed by atoms with Crippen molar-refractivity contribution in [3.8, 4) is 0 Å². The minimum Gasteiger partial charge on any atom is -0.334 e. The van der Waals surface area contributed by atoms with Crippen LogP contribution < -0.4 is 5.48 Å². The highest BCUT2D eigenvalue weighted by Crippen LogP contribution is 2.13. The molecular weight excluding hydrogens is 211 g/mol. The average molecular weight is 223 g/mol. The molecule has 15 heavy (non-hydrogen) atoms. The van der Waals surface area contributed by atoms with E-state index in [2.05, 4.69) is 15.3 Å². The van der Waals surface area contributed by atoms with Gasteiger partial charge >= 0.3 is 6.18 Å². The summed E-state index contributed by atoms with van der Waals surface area (Å²) in [6, 6.07) is 0. The van der Waals surface area contributed by atoms with Crippen LogP contribution >= 0.6 is 0 Å². The number of aryl methyl sites for hydroxylation is 1. The zero-order chi connectivity index (χ0) is 11.3. The van der Waals surface area contributed by atoms with E-state index in [1.165, 1.54) is 0 Å². The third-order valence-electron chi connectivity index (χ3n) is 1.72. The molecule has 0 saturated carbocycles. The van der Waals surface area contributed by atoms with Crippen LogP contribution in [-0.2, 0) is 11.4 Å². The summed E-state index contributed by atoms with van der Waals surface area (Å²) in [5.41, 5.74) is 2.24. The quantitative estimate of drug-likeness (QED) is 0.603. The summed E-state index contributed by atoms with van der Waals surface area (Å²) < 4.78 is 36.7. The Morgan fingerprint density at radius 2 is 2.27 bits per heavy atom. The van der Waals surface area contributed by atoms with E-state index >= 15 is 0 Å². The Morgan fingerprint density at radius 1 is 1.53 bits per heavy atom. The lowest BCUT2D eigenvalue weighted by Crippen LogP contribution is -2.27. The van der Waals surface area contributed by atoms with Crippen molar-refractivity contribution in [3.63, 3.8) is 0 Å². The lowest BCUT2D eigenvalue weighted by Gasteiger charge is -2.09. The first-order valence-electron chi connectivity index (χ1n) is 4.38. The number of imidazole rings is 1. The summed E-state index contributed by atoms with van der Waals surface area (Å²) >= 11 is 0. The maximum atomic E-state index is 11.6. The van der Waals surface area contributed by atoms with Crippen LogP contribution in [0.15, 0.2) is 12.4 Å². The second-order valence-corrected chi connectivity index (χ2v) is 2.97. The number of nitrogens with zero attached hydrogens (tertiary/aromatic N) is 2. The molecule has 0 aliphatic carbocycles. The summed E-state index contributed by atoms with van der Waals surface area (Å²) in [6.07, 6.45) is -0.912. The van der Waals surface area contributed by atoms with Crippen LogP contribution in [-0.4, -0.2) is 28.9 Å². The Morgan fingerprint density at radius 3 is 2.80 bits per heavy atom. The minimum atomic E-state index is -4.29. The lowest BCUT2D eigenvalue weighted by atomic mass is 10.6. The van der Waals surface area contributed by atoms with Crippen molar-refractivity contribution in [3.05, 3.63) is 18.2 Å². The van der Waals surface area contributed by atoms with Crippen LogP contribution in [0.3, 0.4) is 0 Å². The van der Waals surface area contributed by atoms with Crippen molar-refractivity contribution in [1.82, 2.24) is 15.0 Å². The summed E-state index contributed by atoms with van der Waals surface area (Å²) in [6.45, 7) is 1.35. The van der Waals surface area contributed by atoms with Crippen LogP contribution in [0.4, 0.5) is 13.2 Å². The van der Waals surface area contributed by atoms with Crippen LogP contribution in [0.2, 0.25) is 0 Å². The normalized spacial score (nSPS) is 12.0. The molecule has 1 rings (SSSR count). The molecule has 0 aromatic carbocycles. The van der Waals surface area contributed by atoms with Gasteiger partial charge in [-0.25, -0.2) is 10.5 Å². The van der Waals surface area contributed by atoms with Gasteiger partial charge in [-0.15, -0.1) is 0 Å². The van der Waals surface area contributed by atoms with Crippen molar-refractivity contribution in [2.24, 2.45) is 0 Å². The van der Waals surface area contributed by atoms with Crippen molar-refractivity contribution in [2.45, 2.75) is 19.6 Å². The van der Waals surface area contributed by atoms with E-state index in [0.29, 0.717) is 13.1 Å². The van der Waals surface area contributed by atoms with Gasteiger partial charge in [-0.05, 0) is 6.92 Å². The average Bonchev–Trinajstić information content (AvgIpc) is 2.49. The number of alkyl halides is 3. The fourth-order valence-corrected chi connectivity index (χ4v) is 1.01. The lowest BCUT2D eigenvalue weighted by molar-refractivity contribution is -0.189. The number of hydroxylamine groups is 1. The van der Waals surface area contributed by atoms with Crippen molar-refractivity contribution in [1.29, 1.82) is 0 Å². The molecule has 1 N–H and O–H groups in total. The molecule has 0 aliphatic heterocycles. The molecule has 0 unspecified atom stereocenters. The van der Waals surface area contributed by atoms with Crippen LogP contribution in [0, 0.1) is 6.92 Å². The monoisotopic (exact) mass is 223 g/mol. The zero-order valence-corrected chi connectivity index (χ0v) is 8.21. The zero-order valence-electron chi connectivity index (χ0n) is 8.21. The fourth-order valence-electron chi connectivity index (χ4n) is 1.01. The number of rotatable bonds is 5. The third kappa shape index (κ3) is 4.80. The number of aromatic nitrogens is 2. The Hall–Kier alpha value is -1.08. The van der Waals surface area contributed by atoms with Gasteiger partial charge in [0.05, 0.1) is 0 Å². The molecule has 0 spiro atoms. The standard InChI is InChI=1S/C8H12F3N3O/c1-7-12-2-4-14(7)5-3-13-15-6-8(9,10)11/h2,4,13H,3,5-6H2,1H3. The highest BCUT2D eigenvalue weighted by atomic mass is 19.4. The van der Waals surface area contributed by atoms with Crippen molar-refractivity contribution >= 4 is 0 Å². The largest absolute Gasteiger partial charge is 0.413 e. The van der Waals surface area contributed by atoms with E-state index in [1.807, 2.05) is 11.5 Å². The third-order valence-corrected chi connectivity index (χ3v) is 1.72. The number of nitrogens with one attached hydrogen (secondary N) is 1. The van der Waals surface area contributed by atoms with Gasteiger partial charge in [0.15, 0.2) is 6.61 Å². The summed E-state index contributed by atoms with van der Waals surface area (Å²) in [5.74, 6) is 0.813. The fraction of sp³-hybridized carbons (Fsp3) is 0.625. The summed E-state index contributed by atoms with van der Waals surface area (Å²) in [5, 5.41) is 0. The van der Waals surface area contributed by atoms with Gasteiger partial charge in [0.1, 0.15) is 5.82 Å². The maximum Gasteiger partial charge on any atom is 0.413 e. The molecule has 1 aromatic rings. The van der Waals surface area contributed by atoms with Crippen molar-refractivity contribution in [2.75, 3.05) is 13.2 Å². The first-order chi connectivity index (χ1) is 6.99. The Bertz CT molecular complexity index is 298. The minimum absolute atomic E-state index is 0.299. The maximum absolute atomic E-state index is 11.6. The second kappa shape index (κ2) is 5.13. The van der Waals surface area contributed by atoms with Gasteiger partial charge in [0, 0.05) is 25.5 Å². The Balaban J connectivity index is 2.10. The van der Waals surface area contributed by atoms with Crippen LogP contribution in [0.5, 0.6) is 0 Å². The first-order valence-corrected chi connectivity index (χ1v) is 4.38. The Labute approximate surface area is 85.0 Å². The smallest absolute Gasteiger partial charge is 0.334 e. The molecule has 86 valence electrons. The topological polar surface area (TPSA) is 39.1 Å². The van der Waals surface area contributed by atoms with E-state index in [9.17, 15) is 13.2 Å². The van der Waals surface area contributed by atoms with Gasteiger partial charge in [-0.3, -0.25) is 4.84 Å². The van der Waals surface area contributed by atoms with Crippen LogP contribution in [0.25, 0.3) is 0 Å².